The van der Waals surface area contributed by atoms with Crippen molar-refractivity contribution >= 4 is 11.8 Å². The zero-order chi connectivity index (χ0) is 25.3. The molecule has 0 radical (unpaired) electrons. The molecule has 2 aromatic heterocycles. The first-order chi connectivity index (χ1) is 17.4. The topological polar surface area (TPSA) is 126 Å². The van der Waals surface area contributed by atoms with E-state index in [4.69, 9.17) is 9.47 Å². The number of aliphatic hydroxyl groups is 1. The first kappa shape index (κ1) is 23.3. The average molecular weight is 486 g/mol. The van der Waals surface area contributed by atoms with Gasteiger partial charge in [-0.3, -0.25) is 19.6 Å². The number of hydrogen-bond acceptors (Lipinski definition) is 8. The molecule has 182 valence electrons. The second kappa shape index (κ2) is 9.30. The van der Waals surface area contributed by atoms with Crippen molar-refractivity contribution in [2.45, 2.75) is 18.4 Å². The molecule has 3 N–H and O–H groups in total. The van der Waals surface area contributed by atoms with Gasteiger partial charge in [-0.1, -0.05) is 17.9 Å². The van der Waals surface area contributed by atoms with Crippen LogP contribution >= 0.6 is 0 Å². The Morgan fingerprint density at radius 3 is 2.69 bits per heavy atom. The van der Waals surface area contributed by atoms with Gasteiger partial charge in [0.1, 0.15) is 11.5 Å². The number of ether oxygens (including phenoxy) is 2. The predicted octanol–water partition coefficient (Wildman–Crippen LogP) is 0.902. The lowest BCUT2D eigenvalue weighted by Crippen LogP contribution is -2.54. The Labute approximate surface area is 207 Å². The van der Waals surface area contributed by atoms with Gasteiger partial charge in [0.15, 0.2) is 11.9 Å². The number of aliphatic hydroxyl groups excluding tert-OH is 1. The number of fused-ring (bicyclic) bond motifs is 1. The minimum atomic E-state index is -1.51. The fraction of sp³-hybridized carbons (Fsp3) is 0.231. The third-order valence-electron chi connectivity index (χ3n) is 6.12. The molecule has 10 heteroatoms. The second-order valence-corrected chi connectivity index (χ2v) is 8.37. The summed E-state index contributed by atoms with van der Waals surface area (Å²) in [6.07, 6.45) is 3.59. The molecule has 2 unspecified atom stereocenters. The van der Waals surface area contributed by atoms with Gasteiger partial charge in [0, 0.05) is 36.3 Å². The zero-order valence-electron chi connectivity index (χ0n) is 19.6. The third kappa shape index (κ3) is 4.22. The average Bonchev–Trinajstić information content (AvgIpc) is 3.36. The molecule has 0 spiro atoms. The van der Waals surface area contributed by atoms with E-state index < -0.39 is 17.8 Å². The zero-order valence-corrected chi connectivity index (χ0v) is 19.6. The standard InChI is InChI=1S/C26H23N5O5/c1-35-18-5-4-17-14-31(23(32)19(17)11-18)15-26(24(33)29-25(34)30-26)9-7-16-3-6-21(28-12-16)20-13-27-10-8-22(20)36-2/h3-6,8,10-13,25,30,34H,14-15H2,1-2H3,(H,29,33). The number of carbonyl (C=O) groups is 2. The Kier molecular flexibility index (Phi) is 6.01. The molecule has 2 atom stereocenters. The van der Waals surface area contributed by atoms with Crippen LogP contribution in [0.25, 0.3) is 11.3 Å². The molecule has 1 fully saturated rings. The molecule has 36 heavy (non-hydrogen) atoms. The molecule has 1 saturated heterocycles. The number of methoxy groups -OCH3 is 2. The fourth-order valence-corrected chi connectivity index (χ4v) is 4.27. The van der Waals surface area contributed by atoms with Crippen LogP contribution in [0, 0.1) is 11.8 Å². The molecular weight excluding hydrogens is 462 g/mol. The summed E-state index contributed by atoms with van der Waals surface area (Å²) >= 11 is 0. The maximum Gasteiger partial charge on any atom is 0.257 e. The van der Waals surface area contributed by atoms with Gasteiger partial charge < -0.3 is 24.8 Å². The number of amides is 2. The highest BCUT2D eigenvalue weighted by molar-refractivity contribution is 6.00. The van der Waals surface area contributed by atoms with Gasteiger partial charge in [-0.15, -0.1) is 0 Å². The first-order valence-corrected chi connectivity index (χ1v) is 11.1. The maximum atomic E-state index is 13.1. The molecule has 0 saturated carbocycles. The van der Waals surface area contributed by atoms with E-state index >= 15 is 0 Å². The molecule has 2 aliphatic rings. The molecule has 4 heterocycles. The Morgan fingerprint density at radius 2 is 2.00 bits per heavy atom. The number of hydrogen-bond donors (Lipinski definition) is 3. The smallest absolute Gasteiger partial charge is 0.257 e. The van der Waals surface area contributed by atoms with Gasteiger partial charge in [0.05, 0.1) is 32.0 Å². The van der Waals surface area contributed by atoms with Gasteiger partial charge in [0.25, 0.3) is 11.8 Å². The number of nitrogens with one attached hydrogen (secondary N) is 2. The molecule has 5 rings (SSSR count). The van der Waals surface area contributed by atoms with Crippen LogP contribution in [0.5, 0.6) is 11.5 Å². The van der Waals surface area contributed by atoms with E-state index in [2.05, 4.69) is 32.4 Å². The number of rotatable bonds is 5. The number of aromatic nitrogens is 2. The van der Waals surface area contributed by atoms with E-state index in [1.807, 2.05) is 6.07 Å². The van der Waals surface area contributed by atoms with Crippen LogP contribution in [0.3, 0.4) is 0 Å². The van der Waals surface area contributed by atoms with Crippen molar-refractivity contribution < 1.29 is 24.2 Å². The van der Waals surface area contributed by atoms with Crippen LogP contribution in [0.4, 0.5) is 0 Å². The SMILES string of the molecule is COc1ccc2c(c1)C(=O)N(CC1(C#Cc3ccc(-c4cnccc4OC)nc3)NC(O)NC1=O)C2. The van der Waals surface area contributed by atoms with Crippen LogP contribution in [0.2, 0.25) is 0 Å². The van der Waals surface area contributed by atoms with Crippen molar-refractivity contribution in [3.8, 4) is 34.6 Å². The Hall–Kier alpha value is -4.46. The summed E-state index contributed by atoms with van der Waals surface area (Å²) in [6.45, 7) is 0.257. The van der Waals surface area contributed by atoms with Crippen LogP contribution in [0.1, 0.15) is 21.5 Å². The summed E-state index contributed by atoms with van der Waals surface area (Å²) < 4.78 is 10.6. The number of nitrogens with zero attached hydrogens (tertiary/aromatic N) is 3. The van der Waals surface area contributed by atoms with Crippen molar-refractivity contribution in [2.24, 2.45) is 0 Å². The molecule has 3 aromatic rings. The van der Waals surface area contributed by atoms with E-state index in [-0.39, 0.29) is 12.5 Å². The molecule has 2 amide bonds. The minimum absolute atomic E-state index is 0.0584. The summed E-state index contributed by atoms with van der Waals surface area (Å²) in [5.74, 6) is 6.36. The van der Waals surface area contributed by atoms with Gasteiger partial charge >= 0.3 is 0 Å². The second-order valence-electron chi connectivity index (χ2n) is 8.37. The summed E-state index contributed by atoms with van der Waals surface area (Å²) in [7, 11) is 3.11. The molecular formula is C26H23N5O5. The third-order valence-corrected chi connectivity index (χ3v) is 6.12. The highest BCUT2D eigenvalue weighted by Crippen LogP contribution is 2.29. The lowest BCUT2D eigenvalue weighted by Gasteiger charge is -2.26. The van der Waals surface area contributed by atoms with Crippen LogP contribution in [-0.2, 0) is 11.3 Å². The Balaban J connectivity index is 1.41. The molecule has 1 aromatic carbocycles. The summed E-state index contributed by atoms with van der Waals surface area (Å²) in [4.78, 5) is 36.0. The van der Waals surface area contributed by atoms with Crippen LogP contribution in [-0.4, -0.2) is 64.4 Å². The van der Waals surface area contributed by atoms with Crippen LogP contribution in [0.15, 0.2) is 55.0 Å². The van der Waals surface area contributed by atoms with E-state index in [9.17, 15) is 14.7 Å². The quantitative estimate of drug-likeness (QED) is 0.455. The minimum Gasteiger partial charge on any atom is -0.497 e. The van der Waals surface area contributed by atoms with Gasteiger partial charge in [-0.2, -0.15) is 0 Å². The molecule has 10 nitrogen and oxygen atoms in total. The number of carbonyl (C=O) groups excluding carboxylic acids is 2. The van der Waals surface area contributed by atoms with Gasteiger partial charge in [-0.05, 0) is 35.9 Å². The Bertz CT molecular complexity index is 1400. The van der Waals surface area contributed by atoms with Crippen molar-refractivity contribution in [2.75, 3.05) is 20.8 Å². The monoisotopic (exact) mass is 485 g/mol. The van der Waals surface area contributed by atoms with Crippen molar-refractivity contribution in [3.05, 3.63) is 71.7 Å². The lowest BCUT2D eigenvalue weighted by atomic mass is 9.99. The van der Waals surface area contributed by atoms with Crippen LogP contribution < -0.4 is 20.1 Å². The summed E-state index contributed by atoms with van der Waals surface area (Å²) in [5, 5.41) is 15.3. The van der Waals surface area contributed by atoms with Crippen molar-refractivity contribution in [1.82, 2.24) is 25.5 Å². The maximum absolute atomic E-state index is 13.1. The van der Waals surface area contributed by atoms with E-state index in [0.717, 1.165) is 11.1 Å². The van der Waals surface area contributed by atoms with Crippen molar-refractivity contribution in [1.29, 1.82) is 0 Å². The highest BCUT2D eigenvalue weighted by atomic mass is 16.5. The normalized spacial score (nSPS) is 20.4. The molecule has 2 aliphatic heterocycles. The van der Waals surface area contributed by atoms with Crippen molar-refractivity contribution in [3.63, 3.8) is 0 Å². The molecule has 0 aliphatic carbocycles. The molecule has 0 bridgehead atoms. The number of benzene rings is 1. The number of pyridine rings is 2. The first-order valence-electron chi connectivity index (χ1n) is 11.1. The van der Waals surface area contributed by atoms with Gasteiger partial charge in [-0.25, -0.2) is 5.32 Å². The lowest BCUT2D eigenvalue weighted by molar-refractivity contribution is -0.123. The van der Waals surface area contributed by atoms with Gasteiger partial charge in [0.2, 0.25) is 0 Å². The fourth-order valence-electron chi connectivity index (χ4n) is 4.27. The largest absolute Gasteiger partial charge is 0.497 e. The Morgan fingerprint density at radius 1 is 1.14 bits per heavy atom. The van der Waals surface area contributed by atoms with E-state index in [1.165, 1.54) is 12.0 Å². The summed E-state index contributed by atoms with van der Waals surface area (Å²) in [6, 6.07) is 10.6. The summed E-state index contributed by atoms with van der Waals surface area (Å²) in [5.41, 5.74) is 1.78. The van der Waals surface area contributed by atoms with E-state index in [0.29, 0.717) is 34.9 Å². The predicted molar refractivity (Wildman–Crippen MR) is 129 cm³/mol. The highest BCUT2D eigenvalue weighted by Gasteiger charge is 2.48. The van der Waals surface area contributed by atoms with E-state index in [1.54, 1.807) is 56.0 Å².